The van der Waals surface area contributed by atoms with Gasteiger partial charge in [0.1, 0.15) is 17.2 Å². The molecule has 2 aromatic rings. The lowest BCUT2D eigenvalue weighted by Crippen LogP contribution is -2.00. The monoisotopic (exact) mass is 284 g/mol. The third kappa shape index (κ3) is 2.52. The summed E-state index contributed by atoms with van der Waals surface area (Å²) in [6.45, 7) is 0. The lowest BCUT2D eigenvalue weighted by Gasteiger charge is -2.08. The van der Waals surface area contributed by atoms with Gasteiger partial charge in [0.2, 0.25) is 11.6 Å². The van der Waals surface area contributed by atoms with Crippen LogP contribution in [0.25, 0.3) is 0 Å². The van der Waals surface area contributed by atoms with Crippen LogP contribution in [0, 0.1) is 15.9 Å². The first kappa shape index (κ1) is 13.0. The highest BCUT2D eigenvalue weighted by molar-refractivity contribution is 6.34. The second-order valence-electron chi connectivity index (χ2n) is 3.33. The number of halogens is 2. The highest BCUT2D eigenvalue weighted by Gasteiger charge is 2.22. The van der Waals surface area contributed by atoms with Gasteiger partial charge in [0.25, 0.3) is 0 Å². The molecule has 0 saturated carbocycles. The maximum atomic E-state index is 13.6. The van der Waals surface area contributed by atoms with E-state index in [9.17, 15) is 14.5 Å². The Morgan fingerprint density at radius 3 is 2.84 bits per heavy atom. The van der Waals surface area contributed by atoms with Gasteiger partial charge in [0.05, 0.1) is 4.92 Å². The minimum atomic E-state index is -0.914. The van der Waals surface area contributed by atoms with Crippen LogP contribution in [0.5, 0.6) is 11.6 Å². The van der Waals surface area contributed by atoms with E-state index >= 15 is 0 Å². The Balaban J connectivity index is 2.49. The number of para-hydroxylation sites is 1. The van der Waals surface area contributed by atoms with Crippen molar-refractivity contribution in [3.05, 3.63) is 45.5 Å². The number of nitrogens with two attached hydrogens (primary N) is 1. The van der Waals surface area contributed by atoms with E-state index in [4.69, 9.17) is 22.1 Å². The van der Waals surface area contributed by atoms with Gasteiger partial charge >= 0.3 is 5.69 Å². The molecule has 1 aromatic carbocycles. The van der Waals surface area contributed by atoms with Crippen molar-refractivity contribution in [2.45, 2.75) is 0 Å². The molecule has 9 heteroatoms. The second-order valence-corrected chi connectivity index (χ2v) is 3.70. The summed E-state index contributed by atoms with van der Waals surface area (Å²) in [7, 11) is 0. The first-order valence-corrected chi connectivity index (χ1v) is 5.25. The van der Waals surface area contributed by atoms with Crippen molar-refractivity contribution in [2.24, 2.45) is 0 Å². The maximum Gasteiger partial charge on any atom is 0.314 e. The van der Waals surface area contributed by atoms with Crippen LogP contribution in [0.2, 0.25) is 5.02 Å². The number of ether oxygens (including phenoxy) is 1. The highest BCUT2D eigenvalue weighted by atomic mass is 35.5. The standard InChI is InChI=1S/C10H6ClFN4O3/c11-7-9(13)14-4-15-10(7)19-8-5(12)2-1-3-6(8)16(17)18/h1-4H,(H2,13,14,15). The molecule has 2 rings (SSSR count). The van der Waals surface area contributed by atoms with Crippen molar-refractivity contribution in [2.75, 3.05) is 5.73 Å². The number of nitro benzene ring substituents is 1. The van der Waals surface area contributed by atoms with E-state index in [1.165, 1.54) is 6.07 Å². The van der Waals surface area contributed by atoms with Gasteiger partial charge in [0.15, 0.2) is 5.82 Å². The minimum absolute atomic E-state index is 0.0781. The number of anilines is 1. The fourth-order valence-electron chi connectivity index (χ4n) is 1.28. The Hall–Kier alpha value is -2.48. The zero-order chi connectivity index (χ0) is 14.0. The van der Waals surface area contributed by atoms with Crippen LogP contribution in [0.4, 0.5) is 15.9 Å². The molecule has 0 aliphatic rings. The molecule has 0 amide bonds. The summed E-state index contributed by atoms with van der Waals surface area (Å²) in [6.07, 6.45) is 1.04. The zero-order valence-corrected chi connectivity index (χ0v) is 9.96. The molecule has 0 aliphatic heterocycles. The number of nitrogens with zero attached hydrogens (tertiary/aromatic N) is 3. The lowest BCUT2D eigenvalue weighted by molar-refractivity contribution is -0.385. The first-order chi connectivity index (χ1) is 9.00. The van der Waals surface area contributed by atoms with Gasteiger partial charge in [-0.1, -0.05) is 17.7 Å². The van der Waals surface area contributed by atoms with Crippen LogP contribution in [-0.4, -0.2) is 14.9 Å². The number of nitrogen functional groups attached to an aromatic ring is 1. The van der Waals surface area contributed by atoms with Crippen molar-refractivity contribution in [1.82, 2.24) is 9.97 Å². The molecule has 0 fully saturated rings. The third-order valence-corrected chi connectivity index (χ3v) is 2.48. The number of rotatable bonds is 3. The van der Waals surface area contributed by atoms with Crippen molar-refractivity contribution in [3.8, 4) is 11.6 Å². The van der Waals surface area contributed by atoms with Crippen LogP contribution in [0.3, 0.4) is 0 Å². The van der Waals surface area contributed by atoms with Crippen molar-refractivity contribution in [3.63, 3.8) is 0 Å². The van der Waals surface area contributed by atoms with Crippen molar-refractivity contribution in [1.29, 1.82) is 0 Å². The summed E-state index contributed by atoms with van der Waals surface area (Å²) >= 11 is 5.76. The first-order valence-electron chi connectivity index (χ1n) is 4.87. The Morgan fingerprint density at radius 2 is 2.16 bits per heavy atom. The molecule has 0 unspecified atom stereocenters. The fourth-order valence-corrected chi connectivity index (χ4v) is 1.41. The summed E-state index contributed by atoms with van der Waals surface area (Å²) in [5.74, 6) is -1.84. The molecule has 0 bridgehead atoms. The third-order valence-electron chi connectivity index (χ3n) is 2.13. The van der Waals surface area contributed by atoms with E-state index < -0.39 is 22.2 Å². The molecule has 0 spiro atoms. The normalized spacial score (nSPS) is 10.2. The van der Waals surface area contributed by atoms with Crippen LogP contribution in [0.1, 0.15) is 0 Å². The van der Waals surface area contributed by atoms with Gasteiger partial charge in [-0.25, -0.2) is 9.37 Å². The molecule has 1 aromatic heterocycles. The summed E-state index contributed by atoms with van der Waals surface area (Å²) < 4.78 is 18.6. The Kier molecular flexibility index (Phi) is 3.43. The summed E-state index contributed by atoms with van der Waals surface area (Å²) in [5, 5.41) is 10.6. The van der Waals surface area contributed by atoms with Gasteiger partial charge < -0.3 is 10.5 Å². The van der Waals surface area contributed by atoms with Gasteiger partial charge in [-0.15, -0.1) is 0 Å². The van der Waals surface area contributed by atoms with Gasteiger partial charge in [-0.3, -0.25) is 10.1 Å². The second kappa shape index (κ2) is 5.02. The molecule has 1 heterocycles. The molecular formula is C10H6ClFN4O3. The van der Waals surface area contributed by atoms with Gasteiger partial charge in [-0.2, -0.15) is 4.98 Å². The molecule has 19 heavy (non-hydrogen) atoms. The Bertz CT molecular complexity index is 653. The number of benzene rings is 1. The maximum absolute atomic E-state index is 13.6. The van der Waals surface area contributed by atoms with Gasteiger partial charge in [0, 0.05) is 6.07 Å². The van der Waals surface area contributed by atoms with Crippen LogP contribution in [0.15, 0.2) is 24.5 Å². The molecule has 0 saturated heterocycles. The number of hydrogen-bond acceptors (Lipinski definition) is 6. The van der Waals surface area contributed by atoms with Crippen LogP contribution in [-0.2, 0) is 0 Å². The predicted octanol–water partition coefficient (Wildman–Crippen LogP) is 2.55. The van der Waals surface area contributed by atoms with E-state index in [0.29, 0.717) is 0 Å². The molecule has 2 N–H and O–H groups in total. The largest absolute Gasteiger partial charge is 0.427 e. The molecule has 0 aliphatic carbocycles. The smallest absolute Gasteiger partial charge is 0.314 e. The lowest BCUT2D eigenvalue weighted by atomic mass is 10.3. The zero-order valence-electron chi connectivity index (χ0n) is 9.21. The van der Waals surface area contributed by atoms with E-state index in [0.717, 1.165) is 18.5 Å². The number of hydrogen-bond donors (Lipinski definition) is 1. The minimum Gasteiger partial charge on any atom is -0.427 e. The van der Waals surface area contributed by atoms with E-state index in [1.54, 1.807) is 0 Å². The summed E-state index contributed by atoms with van der Waals surface area (Å²) in [6, 6.07) is 3.30. The number of nitro groups is 1. The molecule has 98 valence electrons. The van der Waals surface area contributed by atoms with E-state index in [1.807, 2.05) is 0 Å². The van der Waals surface area contributed by atoms with Gasteiger partial charge in [-0.05, 0) is 6.07 Å². The summed E-state index contributed by atoms with van der Waals surface area (Å²) in [5.41, 5.74) is 4.87. The van der Waals surface area contributed by atoms with Crippen LogP contribution < -0.4 is 10.5 Å². The van der Waals surface area contributed by atoms with E-state index in [2.05, 4.69) is 9.97 Å². The SMILES string of the molecule is Nc1ncnc(Oc2c(F)cccc2[N+](=O)[O-])c1Cl. The molecule has 0 atom stereocenters. The van der Waals surface area contributed by atoms with E-state index in [-0.39, 0.29) is 16.7 Å². The Morgan fingerprint density at radius 1 is 1.42 bits per heavy atom. The summed E-state index contributed by atoms with van der Waals surface area (Å²) in [4.78, 5) is 17.2. The van der Waals surface area contributed by atoms with Crippen molar-refractivity contribution >= 4 is 23.1 Å². The quantitative estimate of drug-likeness (QED) is 0.686. The molecular weight excluding hydrogens is 279 g/mol. The topological polar surface area (TPSA) is 104 Å². The van der Waals surface area contributed by atoms with Crippen LogP contribution >= 0.6 is 11.6 Å². The van der Waals surface area contributed by atoms with Crippen molar-refractivity contribution < 1.29 is 14.1 Å². The Labute approximate surface area is 111 Å². The average Bonchev–Trinajstić information content (AvgIpc) is 2.36. The fraction of sp³-hybridized carbons (Fsp3) is 0. The highest BCUT2D eigenvalue weighted by Crippen LogP contribution is 2.36. The average molecular weight is 285 g/mol. The predicted molar refractivity (Wildman–Crippen MR) is 64.6 cm³/mol. The number of aromatic nitrogens is 2. The molecule has 0 radical (unpaired) electrons. The molecule has 7 nitrogen and oxygen atoms in total.